The second-order valence-electron chi connectivity index (χ2n) is 5.01. The minimum atomic E-state index is -0.203. The molecule has 0 radical (unpaired) electrons. The third-order valence-electron chi connectivity index (χ3n) is 2.12. The molecule has 2 aromatic rings. The van der Waals surface area contributed by atoms with Gasteiger partial charge in [0.25, 0.3) is 0 Å². The van der Waals surface area contributed by atoms with E-state index in [9.17, 15) is 0 Å². The van der Waals surface area contributed by atoms with E-state index < -0.39 is 0 Å². The molecule has 0 unspecified atom stereocenters. The highest BCUT2D eigenvalue weighted by Gasteiger charge is 2.11. The van der Waals surface area contributed by atoms with Crippen molar-refractivity contribution in [2.75, 3.05) is 0 Å². The van der Waals surface area contributed by atoms with Gasteiger partial charge in [0.1, 0.15) is 11.4 Å². The number of nitrogens with zero attached hydrogens (tertiary/aromatic N) is 4. The Kier molecular flexibility index (Phi) is 3.23. The Labute approximate surface area is 106 Å². The van der Waals surface area contributed by atoms with E-state index in [-0.39, 0.29) is 5.60 Å². The molecule has 0 saturated carbocycles. The summed E-state index contributed by atoms with van der Waals surface area (Å²) < 4.78 is 5.74. The molecule has 0 saturated heterocycles. The van der Waals surface area contributed by atoms with Crippen LogP contribution in [0, 0.1) is 6.92 Å². The van der Waals surface area contributed by atoms with Crippen LogP contribution in [0.1, 0.15) is 26.6 Å². The fraction of sp³-hybridized carbons (Fsp3) is 0.385. The van der Waals surface area contributed by atoms with E-state index in [4.69, 9.17) is 4.74 Å². The van der Waals surface area contributed by atoms with Crippen molar-refractivity contribution in [3.8, 4) is 17.1 Å². The predicted octanol–water partition coefficient (Wildman–Crippen LogP) is 2.42. The van der Waals surface area contributed by atoms with Crippen LogP contribution in [-0.4, -0.2) is 26.0 Å². The Balaban J connectivity index is 2.20. The SMILES string of the molecule is Cc1nnc(-c2ccc(OC(C)(C)C)cc2)nn1. The molecule has 0 atom stereocenters. The van der Waals surface area contributed by atoms with E-state index in [0.717, 1.165) is 11.3 Å². The quantitative estimate of drug-likeness (QED) is 0.811. The number of aryl methyl sites for hydroxylation is 1. The topological polar surface area (TPSA) is 60.8 Å². The van der Waals surface area contributed by atoms with Gasteiger partial charge in [0.05, 0.1) is 0 Å². The summed E-state index contributed by atoms with van der Waals surface area (Å²) in [6, 6.07) is 7.58. The van der Waals surface area contributed by atoms with Gasteiger partial charge < -0.3 is 4.74 Å². The zero-order valence-corrected chi connectivity index (χ0v) is 11.0. The van der Waals surface area contributed by atoms with Crippen LogP contribution in [0.3, 0.4) is 0 Å². The van der Waals surface area contributed by atoms with E-state index in [0.29, 0.717) is 11.6 Å². The molecule has 0 aliphatic heterocycles. The minimum absolute atomic E-state index is 0.203. The fourth-order valence-corrected chi connectivity index (χ4v) is 1.42. The lowest BCUT2D eigenvalue weighted by Crippen LogP contribution is -2.22. The summed E-state index contributed by atoms with van der Waals surface area (Å²) >= 11 is 0. The predicted molar refractivity (Wildman–Crippen MR) is 68.2 cm³/mol. The number of benzene rings is 1. The zero-order chi connectivity index (χ0) is 13.2. The first-order chi connectivity index (χ1) is 8.44. The van der Waals surface area contributed by atoms with E-state index >= 15 is 0 Å². The smallest absolute Gasteiger partial charge is 0.203 e. The number of rotatable bonds is 2. The molecule has 0 spiro atoms. The lowest BCUT2D eigenvalue weighted by Gasteiger charge is -2.21. The fourth-order valence-electron chi connectivity index (χ4n) is 1.42. The maximum Gasteiger partial charge on any atom is 0.203 e. The standard InChI is InChI=1S/C13H16N4O/c1-9-14-16-12(17-15-9)10-5-7-11(8-6-10)18-13(2,3)4/h5-8H,1-4H3. The largest absolute Gasteiger partial charge is 0.488 e. The van der Waals surface area contributed by atoms with E-state index in [2.05, 4.69) is 20.4 Å². The van der Waals surface area contributed by atoms with Crippen LogP contribution >= 0.6 is 0 Å². The van der Waals surface area contributed by atoms with Gasteiger partial charge in [-0.3, -0.25) is 0 Å². The van der Waals surface area contributed by atoms with Gasteiger partial charge >= 0.3 is 0 Å². The molecule has 0 aliphatic rings. The highest BCUT2D eigenvalue weighted by molar-refractivity contribution is 5.55. The van der Waals surface area contributed by atoms with Gasteiger partial charge in [0, 0.05) is 5.56 Å². The molecule has 18 heavy (non-hydrogen) atoms. The Morgan fingerprint density at radius 3 is 1.94 bits per heavy atom. The highest BCUT2D eigenvalue weighted by atomic mass is 16.5. The van der Waals surface area contributed by atoms with Crippen LogP contribution in [0.25, 0.3) is 11.4 Å². The molecule has 2 rings (SSSR count). The minimum Gasteiger partial charge on any atom is -0.488 e. The van der Waals surface area contributed by atoms with E-state index in [1.165, 1.54) is 0 Å². The van der Waals surface area contributed by atoms with Crippen LogP contribution in [0.5, 0.6) is 5.75 Å². The summed E-state index contributed by atoms with van der Waals surface area (Å²) in [5, 5.41) is 15.7. The maximum absolute atomic E-state index is 5.74. The van der Waals surface area contributed by atoms with Crippen LogP contribution in [0.4, 0.5) is 0 Å². The van der Waals surface area contributed by atoms with E-state index in [1.807, 2.05) is 45.0 Å². The molecule has 0 amide bonds. The lowest BCUT2D eigenvalue weighted by atomic mass is 10.1. The first-order valence-electron chi connectivity index (χ1n) is 5.77. The highest BCUT2D eigenvalue weighted by Crippen LogP contribution is 2.21. The Bertz CT molecular complexity index is 514. The molecule has 94 valence electrons. The van der Waals surface area contributed by atoms with Crippen LogP contribution < -0.4 is 4.74 Å². The summed E-state index contributed by atoms with van der Waals surface area (Å²) in [4.78, 5) is 0. The average molecular weight is 244 g/mol. The van der Waals surface area contributed by atoms with Gasteiger partial charge in [-0.1, -0.05) is 0 Å². The van der Waals surface area contributed by atoms with Crippen molar-refractivity contribution < 1.29 is 4.74 Å². The average Bonchev–Trinajstić information content (AvgIpc) is 2.29. The van der Waals surface area contributed by atoms with Gasteiger partial charge in [-0.25, -0.2) is 0 Å². The monoisotopic (exact) mass is 244 g/mol. The molecule has 1 heterocycles. The second-order valence-corrected chi connectivity index (χ2v) is 5.01. The number of hydrogen-bond acceptors (Lipinski definition) is 5. The van der Waals surface area contributed by atoms with Crippen molar-refractivity contribution in [3.63, 3.8) is 0 Å². The van der Waals surface area contributed by atoms with E-state index in [1.54, 1.807) is 6.92 Å². The van der Waals surface area contributed by atoms with Crippen LogP contribution in [0.2, 0.25) is 0 Å². The third kappa shape index (κ3) is 3.23. The molecule has 1 aromatic heterocycles. The molecule has 5 nitrogen and oxygen atoms in total. The molecule has 0 aliphatic carbocycles. The molecule has 0 fully saturated rings. The number of ether oxygens (including phenoxy) is 1. The Hall–Kier alpha value is -2.04. The molecule has 0 bridgehead atoms. The van der Waals surface area contributed by atoms with Gasteiger partial charge in [0.2, 0.25) is 5.82 Å². The Morgan fingerprint density at radius 2 is 1.44 bits per heavy atom. The lowest BCUT2D eigenvalue weighted by molar-refractivity contribution is 0.131. The number of aromatic nitrogens is 4. The summed E-state index contributed by atoms with van der Waals surface area (Å²) in [5.41, 5.74) is 0.668. The maximum atomic E-state index is 5.74. The van der Waals surface area contributed by atoms with Crippen molar-refractivity contribution >= 4 is 0 Å². The van der Waals surface area contributed by atoms with Gasteiger partial charge in [-0.15, -0.1) is 20.4 Å². The summed E-state index contributed by atoms with van der Waals surface area (Å²) in [6.45, 7) is 7.79. The van der Waals surface area contributed by atoms with Gasteiger partial charge in [-0.2, -0.15) is 0 Å². The second kappa shape index (κ2) is 4.68. The van der Waals surface area contributed by atoms with Crippen LogP contribution in [-0.2, 0) is 0 Å². The first kappa shape index (κ1) is 12.4. The van der Waals surface area contributed by atoms with Crippen molar-refractivity contribution in [1.82, 2.24) is 20.4 Å². The number of hydrogen-bond donors (Lipinski definition) is 0. The van der Waals surface area contributed by atoms with Gasteiger partial charge in [0.15, 0.2) is 5.82 Å². The molecular weight excluding hydrogens is 228 g/mol. The molecule has 1 aromatic carbocycles. The first-order valence-corrected chi connectivity index (χ1v) is 5.77. The Morgan fingerprint density at radius 1 is 0.889 bits per heavy atom. The normalized spacial score (nSPS) is 11.3. The molecule has 5 heteroatoms. The third-order valence-corrected chi connectivity index (χ3v) is 2.12. The van der Waals surface area contributed by atoms with Crippen LogP contribution in [0.15, 0.2) is 24.3 Å². The molecular formula is C13H16N4O. The summed E-state index contributed by atoms with van der Waals surface area (Å²) in [7, 11) is 0. The van der Waals surface area contributed by atoms with Crippen molar-refractivity contribution in [2.45, 2.75) is 33.3 Å². The molecule has 0 N–H and O–H groups in total. The van der Waals surface area contributed by atoms with Crippen molar-refractivity contribution in [1.29, 1.82) is 0 Å². The summed E-state index contributed by atoms with van der Waals surface area (Å²) in [5.74, 6) is 1.90. The van der Waals surface area contributed by atoms with Gasteiger partial charge in [-0.05, 0) is 52.0 Å². The van der Waals surface area contributed by atoms with Crippen molar-refractivity contribution in [3.05, 3.63) is 30.1 Å². The van der Waals surface area contributed by atoms with Crippen molar-refractivity contribution in [2.24, 2.45) is 0 Å². The zero-order valence-electron chi connectivity index (χ0n) is 11.0. The summed E-state index contributed by atoms with van der Waals surface area (Å²) in [6.07, 6.45) is 0.